The molecule has 0 aliphatic carbocycles. The second-order valence-electron chi connectivity index (χ2n) is 3.94. The third-order valence-corrected chi connectivity index (χ3v) is 2.39. The van der Waals surface area contributed by atoms with E-state index >= 15 is 0 Å². The number of hydrogen-bond acceptors (Lipinski definition) is 4. The van der Waals surface area contributed by atoms with Crippen molar-refractivity contribution in [2.45, 2.75) is 26.7 Å². The van der Waals surface area contributed by atoms with Crippen molar-refractivity contribution < 1.29 is 9.90 Å². The van der Waals surface area contributed by atoms with Crippen LogP contribution in [0.2, 0.25) is 0 Å². The summed E-state index contributed by atoms with van der Waals surface area (Å²) in [5, 5.41) is 9.10. The average molecular weight is 223 g/mol. The lowest BCUT2D eigenvalue weighted by molar-refractivity contribution is 0.0690. The number of carboxylic acid groups (broad SMARTS) is 1. The van der Waals surface area contributed by atoms with Gasteiger partial charge >= 0.3 is 5.97 Å². The molecule has 0 saturated carbocycles. The highest BCUT2D eigenvalue weighted by Gasteiger charge is 2.17. The molecule has 0 spiro atoms. The van der Waals surface area contributed by atoms with E-state index in [1.165, 1.54) is 0 Å². The van der Waals surface area contributed by atoms with Crippen molar-refractivity contribution in [2.75, 3.05) is 18.5 Å². The maximum Gasteiger partial charge on any atom is 0.356 e. The Morgan fingerprint density at radius 3 is 2.62 bits per heavy atom. The number of anilines is 1. The van der Waals surface area contributed by atoms with Gasteiger partial charge in [0.2, 0.25) is 0 Å². The van der Waals surface area contributed by atoms with Crippen molar-refractivity contribution >= 4 is 11.7 Å². The van der Waals surface area contributed by atoms with Crippen LogP contribution in [0, 0.1) is 0 Å². The fraction of sp³-hybridized carbons (Fsp3) is 0.545. The van der Waals surface area contributed by atoms with E-state index in [9.17, 15) is 4.79 Å². The summed E-state index contributed by atoms with van der Waals surface area (Å²) in [5.74, 6) is -0.329. The maximum absolute atomic E-state index is 11.1. The second kappa shape index (κ2) is 4.92. The third kappa shape index (κ3) is 2.48. The van der Waals surface area contributed by atoms with Crippen molar-refractivity contribution in [3.8, 4) is 0 Å². The molecule has 1 aromatic rings. The number of nitrogens with zero attached hydrogens (tertiary/aromatic N) is 3. The standard InChI is InChI=1S/C11H17N3O2/c1-5-14(4)8-6-12-10(7(2)3)13-9(8)11(15)16/h6-7H,5H2,1-4H3,(H,15,16). The van der Waals surface area contributed by atoms with Crippen molar-refractivity contribution in [3.63, 3.8) is 0 Å². The number of rotatable bonds is 4. The number of aromatic nitrogens is 2. The first-order chi connectivity index (χ1) is 7.47. The molecule has 0 bridgehead atoms. The Hall–Kier alpha value is -1.65. The molecular formula is C11H17N3O2. The molecule has 88 valence electrons. The fourth-order valence-corrected chi connectivity index (χ4v) is 1.27. The van der Waals surface area contributed by atoms with E-state index in [4.69, 9.17) is 5.11 Å². The highest BCUT2D eigenvalue weighted by atomic mass is 16.4. The lowest BCUT2D eigenvalue weighted by atomic mass is 10.2. The summed E-state index contributed by atoms with van der Waals surface area (Å²) in [5.41, 5.74) is 0.627. The zero-order valence-electron chi connectivity index (χ0n) is 10.1. The Kier molecular flexibility index (Phi) is 3.82. The molecular weight excluding hydrogens is 206 g/mol. The third-order valence-electron chi connectivity index (χ3n) is 2.39. The smallest absolute Gasteiger partial charge is 0.356 e. The normalized spacial score (nSPS) is 10.6. The predicted molar refractivity (Wildman–Crippen MR) is 62.0 cm³/mol. The molecule has 0 fully saturated rings. The highest BCUT2D eigenvalue weighted by Crippen LogP contribution is 2.19. The monoisotopic (exact) mass is 223 g/mol. The SMILES string of the molecule is CCN(C)c1cnc(C(C)C)nc1C(=O)O. The molecule has 0 aromatic carbocycles. The molecule has 0 saturated heterocycles. The largest absolute Gasteiger partial charge is 0.476 e. The molecule has 0 aliphatic heterocycles. The molecule has 1 rings (SSSR count). The van der Waals surface area contributed by atoms with Crippen LogP contribution >= 0.6 is 0 Å². The maximum atomic E-state index is 11.1. The van der Waals surface area contributed by atoms with Crippen LogP contribution in [0.3, 0.4) is 0 Å². The molecule has 5 nitrogen and oxygen atoms in total. The average Bonchev–Trinajstić information content (AvgIpc) is 2.26. The van der Waals surface area contributed by atoms with Crippen LogP contribution in [-0.4, -0.2) is 34.6 Å². The molecule has 5 heteroatoms. The van der Waals surface area contributed by atoms with Crippen LogP contribution in [0.4, 0.5) is 5.69 Å². The molecule has 1 aromatic heterocycles. The van der Waals surface area contributed by atoms with Crippen molar-refractivity contribution in [1.29, 1.82) is 0 Å². The first-order valence-electron chi connectivity index (χ1n) is 5.28. The van der Waals surface area contributed by atoms with Crippen LogP contribution in [0.1, 0.15) is 43.0 Å². The number of hydrogen-bond donors (Lipinski definition) is 1. The van der Waals surface area contributed by atoms with Gasteiger partial charge in [0.05, 0.1) is 11.9 Å². The minimum atomic E-state index is -1.01. The van der Waals surface area contributed by atoms with Crippen LogP contribution in [0.25, 0.3) is 0 Å². The van der Waals surface area contributed by atoms with Gasteiger partial charge in [-0.2, -0.15) is 0 Å². The van der Waals surface area contributed by atoms with Gasteiger partial charge in [0.25, 0.3) is 0 Å². The molecule has 1 N–H and O–H groups in total. The fourth-order valence-electron chi connectivity index (χ4n) is 1.27. The minimum Gasteiger partial charge on any atom is -0.476 e. The van der Waals surface area contributed by atoms with Crippen LogP contribution in [0.15, 0.2) is 6.20 Å². The quantitative estimate of drug-likeness (QED) is 0.842. The van der Waals surface area contributed by atoms with Crippen molar-refractivity contribution in [2.24, 2.45) is 0 Å². The summed E-state index contributed by atoms with van der Waals surface area (Å²) in [6.07, 6.45) is 1.58. The van der Waals surface area contributed by atoms with E-state index in [-0.39, 0.29) is 11.6 Å². The number of aromatic carboxylic acids is 1. The summed E-state index contributed by atoms with van der Waals surface area (Å²) in [6, 6.07) is 0. The van der Waals surface area contributed by atoms with Gasteiger partial charge < -0.3 is 10.0 Å². The van der Waals surface area contributed by atoms with E-state index in [0.717, 1.165) is 0 Å². The Morgan fingerprint density at radius 1 is 1.56 bits per heavy atom. The summed E-state index contributed by atoms with van der Waals surface area (Å²) >= 11 is 0. The topological polar surface area (TPSA) is 66.3 Å². The highest BCUT2D eigenvalue weighted by molar-refractivity contribution is 5.91. The first kappa shape index (κ1) is 12.4. The van der Waals surface area contributed by atoms with E-state index in [0.29, 0.717) is 18.1 Å². The summed E-state index contributed by atoms with van der Waals surface area (Å²) < 4.78 is 0. The Balaban J connectivity index is 3.25. The lowest BCUT2D eigenvalue weighted by Crippen LogP contribution is -2.21. The zero-order chi connectivity index (χ0) is 12.3. The molecule has 0 aliphatic rings. The Morgan fingerprint density at radius 2 is 2.19 bits per heavy atom. The molecule has 0 radical (unpaired) electrons. The summed E-state index contributed by atoms with van der Waals surface area (Å²) in [7, 11) is 1.82. The van der Waals surface area contributed by atoms with Gasteiger partial charge in [0.1, 0.15) is 5.82 Å². The lowest BCUT2D eigenvalue weighted by Gasteiger charge is -2.18. The van der Waals surface area contributed by atoms with Gasteiger partial charge in [-0.05, 0) is 6.92 Å². The first-order valence-corrected chi connectivity index (χ1v) is 5.28. The van der Waals surface area contributed by atoms with Crippen LogP contribution < -0.4 is 4.90 Å². The Labute approximate surface area is 95.1 Å². The second-order valence-corrected chi connectivity index (χ2v) is 3.94. The van der Waals surface area contributed by atoms with Gasteiger partial charge in [-0.3, -0.25) is 0 Å². The minimum absolute atomic E-state index is 0.0723. The zero-order valence-corrected chi connectivity index (χ0v) is 10.1. The van der Waals surface area contributed by atoms with Gasteiger partial charge in [0.15, 0.2) is 5.69 Å². The molecule has 0 amide bonds. The van der Waals surface area contributed by atoms with E-state index in [2.05, 4.69) is 9.97 Å². The van der Waals surface area contributed by atoms with Crippen LogP contribution in [-0.2, 0) is 0 Å². The molecule has 0 unspecified atom stereocenters. The number of carbonyl (C=O) groups is 1. The van der Waals surface area contributed by atoms with Crippen LogP contribution in [0.5, 0.6) is 0 Å². The summed E-state index contributed by atoms with van der Waals surface area (Å²) in [6.45, 7) is 6.53. The summed E-state index contributed by atoms with van der Waals surface area (Å²) in [4.78, 5) is 21.2. The molecule has 16 heavy (non-hydrogen) atoms. The molecule has 1 heterocycles. The predicted octanol–water partition coefficient (Wildman–Crippen LogP) is 1.75. The van der Waals surface area contributed by atoms with Crippen molar-refractivity contribution in [1.82, 2.24) is 9.97 Å². The van der Waals surface area contributed by atoms with E-state index in [1.807, 2.05) is 32.7 Å². The number of carboxylic acids is 1. The van der Waals surface area contributed by atoms with E-state index < -0.39 is 5.97 Å². The molecule has 0 atom stereocenters. The van der Waals surface area contributed by atoms with Gasteiger partial charge in [0, 0.05) is 19.5 Å². The van der Waals surface area contributed by atoms with Gasteiger partial charge in [-0.15, -0.1) is 0 Å². The van der Waals surface area contributed by atoms with Gasteiger partial charge in [-0.1, -0.05) is 13.8 Å². The van der Waals surface area contributed by atoms with Crippen molar-refractivity contribution in [3.05, 3.63) is 17.7 Å². The van der Waals surface area contributed by atoms with E-state index in [1.54, 1.807) is 6.20 Å². The Bertz CT molecular complexity index is 391. The van der Waals surface area contributed by atoms with Gasteiger partial charge in [-0.25, -0.2) is 14.8 Å².